The molecule has 0 radical (unpaired) electrons. The lowest BCUT2D eigenvalue weighted by Gasteiger charge is -2.14. The fraction of sp³-hybridized carbons (Fsp3) is 0.136. The fourth-order valence-electron chi connectivity index (χ4n) is 3.20. The van der Waals surface area contributed by atoms with Crippen molar-refractivity contribution in [3.05, 3.63) is 76.3 Å². The smallest absolute Gasteiger partial charge is 0.270 e. The van der Waals surface area contributed by atoms with Gasteiger partial charge in [0, 0.05) is 17.7 Å². The van der Waals surface area contributed by atoms with E-state index in [2.05, 4.69) is 15.2 Å². The zero-order valence-corrected chi connectivity index (χ0v) is 19.0. The van der Waals surface area contributed by atoms with E-state index in [9.17, 15) is 18.5 Å². The standard InChI is InChI=1S/C22H20N4O7S/c1-14(15-7-10-20-21(11-15)33-13-32-20)23-24-18-9-8-16(26(27)28)12-22(18)34(29,30)25-17-5-3-4-6-19(17)31-2/h3-12,24-25H,13H2,1-2H3/b23-14+. The number of ether oxygens (including phenoxy) is 3. The minimum atomic E-state index is -4.26. The third-order valence-corrected chi connectivity index (χ3v) is 6.36. The SMILES string of the molecule is COc1ccccc1NS(=O)(=O)c1cc([N+](=O)[O-])ccc1N/N=C(\C)c1ccc2c(c1)OCO2. The number of nitro groups is 1. The van der Waals surface area contributed by atoms with E-state index in [0.717, 1.165) is 11.6 Å². The second-order valence-corrected chi connectivity index (χ2v) is 8.77. The molecule has 176 valence electrons. The van der Waals surface area contributed by atoms with E-state index in [4.69, 9.17) is 14.2 Å². The molecule has 1 heterocycles. The fourth-order valence-corrected chi connectivity index (χ4v) is 4.45. The first-order chi connectivity index (χ1) is 16.3. The summed E-state index contributed by atoms with van der Waals surface area (Å²) in [5, 5.41) is 15.6. The molecule has 0 spiro atoms. The molecular weight excluding hydrogens is 464 g/mol. The summed E-state index contributed by atoms with van der Waals surface area (Å²) in [7, 11) is -2.85. The van der Waals surface area contributed by atoms with Crippen molar-refractivity contribution < 1.29 is 27.6 Å². The lowest BCUT2D eigenvalue weighted by Crippen LogP contribution is -2.16. The van der Waals surface area contributed by atoms with Crippen molar-refractivity contribution in [2.75, 3.05) is 24.1 Å². The number of para-hydroxylation sites is 2. The number of benzene rings is 3. The van der Waals surface area contributed by atoms with Crippen LogP contribution in [0.3, 0.4) is 0 Å². The van der Waals surface area contributed by atoms with Crippen molar-refractivity contribution in [3.63, 3.8) is 0 Å². The summed E-state index contributed by atoms with van der Waals surface area (Å²) < 4.78 is 44.7. The summed E-state index contributed by atoms with van der Waals surface area (Å²) in [6.07, 6.45) is 0. The number of sulfonamides is 1. The summed E-state index contributed by atoms with van der Waals surface area (Å²) in [6.45, 7) is 1.85. The Morgan fingerprint density at radius 2 is 1.82 bits per heavy atom. The molecule has 0 amide bonds. The highest BCUT2D eigenvalue weighted by Crippen LogP contribution is 2.33. The largest absolute Gasteiger partial charge is 0.495 e. The Morgan fingerprint density at radius 3 is 2.59 bits per heavy atom. The summed E-state index contributed by atoms with van der Waals surface area (Å²) in [5.41, 5.74) is 3.80. The third-order valence-electron chi connectivity index (χ3n) is 4.95. The molecule has 3 aromatic carbocycles. The Kier molecular flexibility index (Phi) is 6.23. The zero-order valence-electron chi connectivity index (χ0n) is 18.1. The first-order valence-corrected chi connectivity index (χ1v) is 11.4. The van der Waals surface area contributed by atoms with Gasteiger partial charge in [-0.25, -0.2) is 8.42 Å². The van der Waals surface area contributed by atoms with Gasteiger partial charge >= 0.3 is 0 Å². The van der Waals surface area contributed by atoms with Crippen molar-refractivity contribution in [2.45, 2.75) is 11.8 Å². The van der Waals surface area contributed by atoms with Crippen molar-refractivity contribution >= 4 is 32.8 Å². The minimum absolute atomic E-state index is 0.0492. The van der Waals surface area contributed by atoms with Gasteiger partial charge in [-0.2, -0.15) is 5.10 Å². The molecule has 1 aliphatic heterocycles. The molecule has 11 nitrogen and oxygen atoms in total. The van der Waals surface area contributed by atoms with Crippen LogP contribution in [0.1, 0.15) is 12.5 Å². The van der Waals surface area contributed by atoms with Gasteiger partial charge in [-0.1, -0.05) is 12.1 Å². The van der Waals surface area contributed by atoms with Gasteiger partial charge in [0.1, 0.15) is 10.6 Å². The quantitative estimate of drug-likeness (QED) is 0.278. The van der Waals surface area contributed by atoms with Crippen LogP contribution in [0.5, 0.6) is 17.2 Å². The van der Waals surface area contributed by atoms with Gasteiger partial charge in [0.15, 0.2) is 11.5 Å². The first kappa shape index (κ1) is 22.9. The lowest BCUT2D eigenvalue weighted by atomic mass is 10.1. The lowest BCUT2D eigenvalue weighted by molar-refractivity contribution is -0.385. The molecule has 0 unspecified atom stereocenters. The van der Waals surface area contributed by atoms with E-state index < -0.39 is 14.9 Å². The number of hydrogen-bond acceptors (Lipinski definition) is 9. The summed E-state index contributed by atoms with van der Waals surface area (Å²) in [5.74, 6) is 1.49. The molecule has 0 aliphatic carbocycles. The van der Waals surface area contributed by atoms with Gasteiger partial charge in [-0.05, 0) is 43.3 Å². The van der Waals surface area contributed by atoms with Gasteiger partial charge in [0.25, 0.3) is 15.7 Å². The van der Waals surface area contributed by atoms with E-state index in [1.54, 1.807) is 43.3 Å². The monoisotopic (exact) mass is 484 g/mol. The number of nitrogens with one attached hydrogen (secondary N) is 2. The molecule has 3 aromatic rings. The summed E-state index contributed by atoms with van der Waals surface area (Å²) >= 11 is 0. The molecule has 2 N–H and O–H groups in total. The van der Waals surface area contributed by atoms with Crippen molar-refractivity contribution in [1.82, 2.24) is 0 Å². The molecule has 0 bridgehead atoms. The number of fused-ring (bicyclic) bond motifs is 1. The van der Waals surface area contributed by atoms with Gasteiger partial charge < -0.3 is 14.2 Å². The average molecular weight is 484 g/mol. The third kappa shape index (κ3) is 4.71. The Balaban J connectivity index is 1.68. The number of nitrogens with zero attached hydrogens (tertiary/aromatic N) is 2. The van der Waals surface area contributed by atoms with E-state index in [1.807, 2.05) is 0 Å². The second kappa shape index (κ2) is 9.27. The van der Waals surface area contributed by atoms with Gasteiger partial charge in [-0.15, -0.1) is 0 Å². The van der Waals surface area contributed by atoms with E-state index in [-0.39, 0.29) is 28.8 Å². The van der Waals surface area contributed by atoms with E-state index >= 15 is 0 Å². The van der Waals surface area contributed by atoms with Crippen LogP contribution >= 0.6 is 0 Å². The van der Waals surface area contributed by atoms with Crippen molar-refractivity contribution in [1.29, 1.82) is 0 Å². The summed E-state index contributed by atoms with van der Waals surface area (Å²) in [6, 6.07) is 15.1. The van der Waals surface area contributed by atoms with Crippen LogP contribution in [0.2, 0.25) is 0 Å². The Bertz CT molecular complexity index is 1390. The number of anilines is 2. The molecule has 0 fully saturated rings. The molecule has 0 saturated heterocycles. The van der Waals surface area contributed by atoms with E-state index in [0.29, 0.717) is 23.0 Å². The average Bonchev–Trinajstić information content (AvgIpc) is 3.30. The maximum Gasteiger partial charge on any atom is 0.270 e. The van der Waals surface area contributed by atoms with Gasteiger partial charge in [-0.3, -0.25) is 20.3 Å². The maximum atomic E-state index is 13.2. The number of non-ortho nitro benzene ring substituents is 1. The number of methoxy groups -OCH3 is 1. The molecule has 12 heteroatoms. The van der Waals surface area contributed by atoms with Crippen LogP contribution < -0.4 is 24.4 Å². The second-order valence-electron chi connectivity index (χ2n) is 7.12. The van der Waals surface area contributed by atoms with Crippen LogP contribution in [-0.4, -0.2) is 33.0 Å². The zero-order chi connectivity index (χ0) is 24.3. The number of hydrogen-bond donors (Lipinski definition) is 2. The molecular formula is C22H20N4O7S. The number of hydrazone groups is 1. The predicted octanol–water partition coefficient (Wildman–Crippen LogP) is 3.97. The molecule has 1 aliphatic rings. The van der Waals surface area contributed by atoms with Crippen LogP contribution in [0.15, 0.2) is 70.7 Å². The minimum Gasteiger partial charge on any atom is -0.495 e. The topological polar surface area (TPSA) is 141 Å². The van der Waals surface area contributed by atoms with Crippen molar-refractivity contribution in [2.24, 2.45) is 5.10 Å². The normalized spacial score (nSPS) is 12.8. The maximum absolute atomic E-state index is 13.2. The van der Waals surface area contributed by atoms with E-state index in [1.165, 1.54) is 25.3 Å². The van der Waals surface area contributed by atoms with Crippen LogP contribution in [-0.2, 0) is 10.0 Å². The highest BCUT2D eigenvalue weighted by Gasteiger charge is 2.24. The molecule has 0 aromatic heterocycles. The van der Waals surface area contributed by atoms with Gasteiger partial charge in [0.2, 0.25) is 6.79 Å². The number of rotatable bonds is 8. The Hall–Kier alpha value is -4.32. The van der Waals surface area contributed by atoms with Gasteiger partial charge in [0.05, 0.1) is 29.1 Å². The molecule has 0 atom stereocenters. The number of nitro benzene ring substituents is 1. The van der Waals surface area contributed by atoms with Crippen LogP contribution in [0.25, 0.3) is 0 Å². The molecule has 4 rings (SSSR count). The van der Waals surface area contributed by atoms with Crippen LogP contribution in [0.4, 0.5) is 17.1 Å². The highest BCUT2D eigenvalue weighted by molar-refractivity contribution is 7.93. The Morgan fingerprint density at radius 1 is 1.06 bits per heavy atom. The summed E-state index contributed by atoms with van der Waals surface area (Å²) in [4.78, 5) is 10.3. The molecule has 34 heavy (non-hydrogen) atoms. The van der Waals surface area contributed by atoms with Crippen molar-refractivity contribution in [3.8, 4) is 17.2 Å². The highest BCUT2D eigenvalue weighted by atomic mass is 32.2. The Labute approximate surface area is 195 Å². The van der Waals surface area contributed by atoms with Crippen LogP contribution in [0, 0.1) is 10.1 Å². The predicted molar refractivity (Wildman–Crippen MR) is 125 cm³/mol. The molecule has 0 saturated carbocycles. The first-order valence-electron chi connectivity index (χ1n) is 9.93.